The average Bonchev–Trinajstić information content (AvgIpc) is 2.86. The van der Waals surface area contributed by atoms with Gasteiger partial charge in [0.05, 0.1) is 34.7 Å². The van der Waals surface area contributed by atoms with Crippen LogP contribution in [0.5, 0.6) is 5.88 Å². The van der Waals surface area contributed by atoms with Crippen LogP contribution in [0.2, 0.25) is 0 Å². The first-order chi connectivity index (χ1) is 16.2. The summed E-state index contributed by atoms with van der Waals surface area (Å²) in [5, 5.41) is 6.33. The topological polar surface area (TPSA) is 95.5 Å². The van der Waals surface area contributed by atoms with Crippen molar-refractivity contribution in [3.05, 3.63) is 42.2 Å². The molecule has 180 valence electrons. The molecule has 5 heterocycles. The number of aromatic nitrogens is 3. The second-order valence-corrected chi connectivity index (χ2v) is 9.06. The van der Waals surface area contributed by atoms with Gasteiger partial charge in [0.2, 0.25) is 11.8 Å². The van der Waals surface area contributed by atoms with E-state index in [0.29, 0.717) is 24.0 Å². The predicted octanol–water partition coefficient (Wildman–Crippen LogP) is 2.41. The number of anilines is 2. The third-order valence-electron chi connectivity index (χ3n) is 5.90. The number of pyridine rings is 3. The fourth-order valence-electron chi connectivity index (χ4n) is 4.13. The van der Waals surface area contributed by atoms with E-state index in [9.17, 15) is 4.79 Å². The summed E-state index contributed by atoms with van der Waals surface area (Å²) < 4.78 is 5.30. The molecule has 1 amide bonds. The van der Waals surface area contributed by atoms with Gasteiger partial charge in [0, 0.05) is 58.1 Å². The zero-order chi connectivity index (χ0) is 22.6. The number of nitrogens with zero attached hydrogens (tertiary/aromatic N) is 5. The van der Waals surface area contributed by atoms with Crippen molar-refractivity contribution in [2.24, 2.45) is 0 Å². The molecule has 2 aliphatic heterocycles. The summed E-state index contributed by atoms with van der Waals surface area (Å²) >= 11 is 1.53. The van der Waals surface area contributed by atoms with E-state index in [1.165, 1.54) is 11.8 Å². The van der Waals surface area contributed by atoms with Crippen LogP contribution in [-0.4, -0.2) is 77.9 Å². The van der Waals surface area contributed by atoms with E-state index in [1.54, 1.807) is 7.11 Å². The van der Waals surface area contributed by atoms with Gasteiger partial charge in [-0.25, -0.2) is 9.97 Å². The van der Waals surface area contributed by atoms with Crippen molar-refractivity contribution in [1.82, 2.24) is 25.2 Å². The maximum Gasteiger partial charge on any atom is 0.235 e. The molecule has 5 rings (SSSR count). The Balaban J connectivity index is 0.00000274. The Kier molecular flexibility index (Phi) is 8.04. The minimum Gasteiger partial charge on any atom is -0.481 e. The molecule has 0 bridgehead atoms. The van der Waals surface area contributed by atoms with Gasteiger partial charge in [-0.3, -0.25) is 14.7 Å². The third-order valence-corrected chi connectivity index (χ3v) is 6.95. The predicted molar refractivity (Wildman–Crippen MR) is 137 cm³/mol. The largest absolute Gasteiger partial charge is 0.481 e. The summed E-state index contributed by atoms with van der Waals surface area (Å²) in [7, 11) is 1.63. The maximum atomic E-state index is 11.6. The SMILES string of the molecule is COc1ccc2nccc(N3CCN(CCNCc4ccc5c(n4)NC(=O)CS5)CC3)c2n1.Cl. The zero-order valence-electron chi connectivity index (χ0n) is 19.0. The van der Waals surface area contributed by atoms with Crippen molar-refractivity contribution < 1.29 is 9.53 Å². The molecule has 0 aromatic carbocycles. The highest BCUT2D eigenvalue weighted by molar-refractivity contribution is 8.00. The third kappa shape index (κ3) is 5.52. The molecule has 0 spiro atoms. The first kappa shape index (κ1) is 24.5. The highest BCUT2D eigenvalue weighted by Gasteiger charge is 2.20. The molecule has 0 saturated carbocycles. The monoisotopic (exact) mass is 501 g/mol. The molecule has 2 aliphatic rings. The Morgan fingerprint density at radius 2 is 1.97 bits per heavy atom. The van der Waals surface area contributed by atoms with Crippen LogP contribution in [0.25, 0.3) is 11.0 Å². The number of halogens is 1. The fraction of sp³-hybridized carbons (Fsp3) is 0.391. The van der Waals surface area contributed by atoms with E-state index >= 15 is 0 Å². The molecule has 2 N–H and O–H groups in total. The van der Waals surface area contributed by atoms with Crippen molar-refractivity contribution in [3.63, 3.8) is 0 Å². The first-order valence-electron chi connectivity index (χ1n) is 11.1. The normalized spacial score (nSPS) is 16.0. The van der Waals surface area contributed by atoms with Crippen molar-refractivity contribution in [2.45, 2.75) is 11.4 Å². The lowest BCUT2D eigenvalue weighted by Gasteiger charge is -2.36. The maximum absolute atomic E-state index is 11.6. The van der Waals surface area contributed by atoms with Crippen LogP contribution in [0.4, 0.5) is 11.5 Å². The second-order valence-electron chi connectivity index (χ2n) is 8.04. The Labute approximate surface area is 209 Å². The number of piperazine rings is 1. The number of hydrogen-bond acceptors (Lipinski definition) is 9. The van der Waals surface area contributed by atoms with E-state index in [4.69, 9.17) is 4.74 Å². The van der Waals surface area contributed by atoms with E-state index in [0.717, 1.165) is 66.6 Å². The summed E-state index contributed by atoms with van der Waals surface area (Å²) in [4.78, 5) is 31.1. The molecule has 0 aliphatic carbocycles. The number of fused-ring (bicyclic) bond motifs is 2. The number of nitrogens with one attached hydrogen (secondary N) is 2. The molecule has 1 saturated heterocycles. The highest BCUT2D eigenvalue weighted by Crippen LogP contribution is 2.29. The smallest absolute Gasteiger partial charge is 0.235 e. The van der Waals surface area contributed by atoms with Crippen LogP contribution in [0.3, 0.4) is 0 Å². The van der Waals surface area contributed by atoms with Crippen LogP contribution in [0.1, 0.15) is 5.69 Å². The molecule has 1 fully saturated rings. The molecule has 0 unspecified atom stereocenters. The van der Waals surface area contributed by atoms with Crippen LogP contribution >= 0.6 is 24.2 Å². The lowest BCUT2D eigenvalue weighted by atomic mass is 10.2. The van der Waals surface area contributed by atoms with Gasteiger partial charge >= 0.3 is 0 Å². The van der Waals surface area contributed by atoms with Crippen molar-refractivity contribution in [3.8, 4) is 5.88 Å². The van der Waals surface area contributed by atoms with Gasteiger partial charge in [0.15, 0.2) is 0 Å². The number of thioether (sulfide) groups is 1. The summed E-state index contributed by atoms with van der Waals surface area (Å²) in [5.74, 6) is 1.76. The van der Waals surface area contributed by atoms with Crippen molar-refractivity contribution >= 4 is 52.6 Å². The number of rotatable bonds is 7. The number of hydrogen-bond donors (Lipinski definition) is 2. The lowest BCUT2D eigenvalue weighted by molar-refractivity contribution is -0.113. The van der Waals surface area contributed by atoms with Gasteiger partial charge in [0.1, 0.15) is 11.3 Å². The summed E-state index contributed by atoms with van der Waals surface area (Å²) in [6, 6.07) is 9.90. The van der Waals surface area contributed by atoms with Gasteiger partial charge in [0.25, 0.3) is 0 Å². The van der Waals surface area contributed by atoms with Gasteiger partial charge in [-0.1, -0.05) is 0 Å². The van der Waals surface area contributed by atoms with Crippen molar-refractivity contribution in [1.29, 1.82) is 0 Å². The average molecular weight is 502 g/mol. The molecule has 9 nitrogen and oxygen atoms in total. The number of amides is 1. The standard InChI is InChI=1S/C23H27N7O2S.ClH/c1-32-21-5-3-17-22(28-21)18(6-7-25-17)30-12-10-29(11-13-30)9-8-24-14-16-2-4-19-23(26-16)27-20(31)15-33-19;/h2-7,24H,8-15H2,1H3,(H,26,27,31);1H. The van der Waals surface area contributed by atoms with E-state index in [2.05, 4.69) is 35.4 Å². The molecule has 0 atom stereocenters. The molecular weight excluding hydrogens is 474 g/mol. The molecule has 3 aromatic heterocycles. The minimum atomic E-state index is 0. The van der Waals surface area contributed by atoms with Gasteiger partial charge in [-0.2, -0.15) is 0 Å². The molecule has 11 heteroatoms. The summed E-state index contributed by atoms with van der Waals surface area (Å²) in [6.07, 6.45) is 1.85. The van der Waals surface area contributed by atoms with E-state index in [-0.39, 0.29) is 18.3 Å². The Morgan fingerprint density at radius 1 is 1.12 bits per heavy atom. The molecule has 3 aromatic rings. The molecular formula is C23H28ClN7O2S. The Hall–Kier alpha value is -2.66. The number of carbonyl (C=O) groups excluding carboxylic acids is 1. The number of carbonyl (C=O) groups is 1. The van der Waals surface area contributed by atoms with Gasteiger partial charge < -0.3 is 20.3 Å². The van der Waals surface area contributed by atoms with E-state index in [1.807, 2.05) is 36.5 Å². The lowest BCUT2D eigenvalue weighted by Crippen LogP contribution is -2.48. The van der Waals surface area contributed by atoms with Crippen LogP contribution in [0, 0.1) is 0 Å². The van der Waals surface area contributed by atoms with Crippen LogP contribution in [-0.2, 0) is 11.3 Å². The second kappa shape index (κ2) is 11.2. The summed E-state index contributed by atoms with van der Waals surface area (Å²) in [5.41, 5.74) is 3.82. The zero-order valence-corrected chi connectivity index (χ0v) is 20.6. The highest BCUT2D eigenvalue weighted by atomic mass is 35.5. The Morgan fingerprint density at radius 3 is 2.79 bits per heavy atom. The van der Waals surface area contributed by atoms with Crippen LogP contribution < -0.4 is 20.3 Å². The van der Waals surface area contributed by atoms with Crippen molar-refractivity contribution in [2.75, 3.05) is 62.3 Å². The van der Waals surface area contributed by atoms with Gasteiger partial charge in [-0.15, -0.1) is 24.2 Å². The minimum absolute atomic E-state index is 0. The Bertz CT molecular complexity index is 1160. The molecule has 0 radical (unpaired) electrons. The number of methoxy groups -OCH3 is 1. The quantitative estimate of drug-likeness (QED) is 0.473. The fourth-order valence-corrected chi connectivity index (χ4v) is 4.89. The van der Waals surface area contributed by atoms with E-state index < -0.39 is 0 Å². The number of ether oxygens (including phenoxy) is 1. The summed E-state index contributed by atoms with van der Waals surface area (Å²) in [6.45, 7) is 6.44. The molecule has 34 heavy (non-hydrogen) atoms. The van der Waals surface area contributed by atoms with Gasteiger partial charge in [-0.05, 0) is 24.3 Å². The van der Waals surface area contributed by atoms with Crippen LogP contribution in [0.15, 0.2) is 41.4 Å². The first-order valence-corrected chi connectivity index (χ1v) is 12.1.